The van der Waals surface area contributed by atoms with Crippen LogP contribution in [0.3, 0.4) is 0 Å². The number of hydrogen-bond acceptors (Lipinski definition) is 3. The zero-order valence-electron chi connectivity index (χ0n) is 10.8. The number of aryl methyl sites for hydroxylation is 1. The van der Waals surface area contributed by atoms with Gasteiger partial charge in [-0.1, -0.05) is 0 Å². The van der Waals surface area contributed by atoms with Crippen LogP contribution in [0, 0.1) is 12.8 Å². The Balaban J connectivity index is 2.00. The summed E-state index contributed by atoms with van der Waals surface area (Å²) in [6.07, 6.45) is 2.03. The van der Waals surface area contributed by atoms with Crippen molar-refractivity contribution in [2.75, 3.05) is 13.2 Å². The molecule has 0 unspecified atom stereocenters. The van der Waals surface area contributed by atoms with E-state index in [9.17, 15) is 4.79 Å². The molecule has 1 N–H and O–H groups in total. The van der Waals surface area contributed by atoms with E-state index in [1.54, 1.807) is 4.57 Å². The summed E-state index contributed by atoms with van der Waals surface area (Å²) in [7, 11) is 0. The van der Waals surface area contributed by atoms with E-state index in [0.29, 0.717) is 11.6 Å². The molecule has 1 saturated heterocycles. The number of nitrogens with one attached hydrogen (secondary N) is 1. The van der Waals surface area contributed by atoms with E-state index < -0.39 is 0 Å². The van der Waals surface area contributed by atoms with E-state index in [0.717, 1.165) is 48.3 Å². The molecule has 2 aromatic heterocycles. The second kappa shape index (κ2) is 5.09. The van der Waals surface area contributed by atoms with E-state index in [1.165, 1.54) is 0 Å². The molecule has 6 heteroatoms. The molecule has 0 amide bonds. The fourth-order valence-electron chi connectivity index (χ4n) is 2.52. The van der Waals surface area contributed by atoms with Crippen LogP contribution in [0.1, 0.15) is 18.5 Å². The number of imidazole rings is 1. The summed E-state index contributed by atoms with van der Waals surface area (Å²) in [5.41, 5.74) is 2.34. The first-order valence-corrected chi connectivity index (χ1v) is 7.28. The third-order valence-electron chi connectivity index (χ3n) is 3.67. The van der Waals surface area contributed by atoms with Gasteiger partial charge in [-0.15, -0.1) is 0 Å². The minimum Gasteiger partial charge on any atom is -0.381 e. The molecular weight excluding hydrogens is 310 g/mol. The lowest BCUT2D eigenvalue weighted by Gasteiger charge is -2.22. The van der Waals surface area contributed by atoms with Crippen LogP contribution in [0.15, 0.2) is 15.3 Å². The van der Waals surface area contributed by atoms with E-state index in [-0.39, 0.29) is 5.69 Å². The average molecular weight is 326 g/mol. The zero-order valence-corrected chi connectivity index (χ0v) is 12.4. The van der Waals surface area contributed by atoms with E-state index in [1.807, 2.05) is 13.0 Å². The van der Waals surface area contributed by atoms with Gasteiger partial charge in [-0.25, -0.2) is 9.78 Å². The van der Waals surface area contributed by atoms with Crippen LogP contribution in [0.4, 0.5) is 0 Å². The van der Waals surface area contributed by atoms with Crippen molar-refractivity contribution in [2.24, 2.45) is 5.92 Å². The van der Waals surface area contributed by atoms with Gasteiger partial charge in [0.2, 0.25) is 0 Å². The van der Waals surface area contributed by atoms with Gasteiger partial charge in [-0.2, -0.15) is 0 Å². The Labute approximate surface area is 119 Å². The first kappa shape index (κ1) is 12.9. The maximum atomic E-state index is 12.1. The molecule has 19 heavy (non-hydrogen) atoms. The van der Waals surface area contributed by atoms with Gasteiger partial charge in [-0.3, -0.25) is 9.55 Å². The minimum absolute atomic E-state index is 0.0773. The van der Waals surface area contributed by atoms with Crippen molar-refractivity contribution in [2.45, 2.75) is 26.3 Å². The number of fused-ring (bicyclic) bond motifs is 1. The molecule has 102 valence electrons. The maximum Gasteiger partial charge on any atom is 0.327 e. The van der Waals surface area contributed by atoms with Gasteiger partial charge in [0.05, 0.1) is 11.2 Å². The number of ether oxygens (including phenoxy) is 1. The lowest BCUT2D eigenvalue weighted by Crippen LogP contribution is -2.25. The molecule has 0 bridgehead atoms. The van der Waals surface area contributed by atoms with Gasteiger partial charge in [-0.05, 0) is 47.7 Å². The Morgan fingerprint density at radius 1 is 1.53 bits per heavy atom. The van der Waals surface area contributed by atoms with Crippen molar-refractivity contribution in [3.05, 3.63) is 26.7 Å². The highest BCUT2D eigenvalue weighted by Gasteiger charge is 2.18. The smallest absolute Gasteiger partial charge is 0.327 e. The number of nitrogens with zero attached hydrogens (tertiary/aromatic N) is 2. The van der Waals surface area contributed by atoms with Crippen LogP contribution in [0.25, 0.3) is 11.2 Å². The second-order valence-corrected chi connectivity index (χ2v) is 5.87. The molecule has 0 atom stereocenters. The number of halogens is 1. The van der Waals surface area contributed by atoms with Gasteiger partial charge in [0.15, 0.2) is 5.65 Å². The number of pyridine rings is 1. The maximum absolute atomic E-state index is 12.1. The fraction of sp³-hybridized carbons (Fsp3) is 0.538. The topological polar surface area (TPSA) is 59.9 Å². The molecule has 5 nitrogen and oxygen atoms in total. The summed E-state index contributed by atoms with van der Waals surface area (Å²) in [4.78, 5) is 19.3. The van der Waals surface area contributed by atoms with Crippen molar-refractivity contribution >= 4 is 27.1 Å². The van der Waals surface area contributed by atoms with Crippen molar-refractivity contribution in [1.82, 2.24) is 14.5 Å². The first-order valence-electron chi connectivity index (χ1n) is 6.48. The van der Waals surface area contributed by atoms with Crippen LogP contribution in [0.5, 0.6) is 0 Å². The predicted octanol–water partition coefficient (Wildman–Crippen LogP) is 2.22. The Hall–Kier alpha value is -1.14. The molecule has 1 aliphatic rings. The van der Waals surface area contributed by atoms with Gasteiger partial charge in [0, 0.05) is 24.2 Å². The van der Waals surface area contributed by atoms with Crippen LogP contribution < -0.4 is 5.69 Å². The zero-order chi connectivity index (χ0) is 13.4. The Morgan fingerprint density at radius 2 is 2.26 bits per heavy atom. The molecule has 3 rings (SSSR count). The standard InChI is InChI=1S/C13H16BrN3O2/c1-8-10(14)6-11-12(15-8)16-13(18)17(11)7-9-2-4-19-5-3-9/h6,9H,2-5,7H2,1H3,(H,15,16,18). The average Bonchev–Trinajstić information content (AvgIpc) is 2.68. The summed E-state index contributed by atoms with van der Waals surface area (Å²) >= 11 is 3.47. The van der Waals surface area contributed by atoms with Crippen molar-refractivity contribution in [3.8, 4) is 0 Å². The second-order valence-electron chi connectivity index (χ2n) is 5.02. The highest BCUT2D eigenvalue weighted by atomic mass is 79.9. The quantitative estimate of drug-likeness (QED) is 0.921. The number of rotatable bonds is 2. The monoisotopic (exact) mass is 325 g/mol. The number of aromatic amines is 1. The summed E-state index contributed by atoms with van der Waals surface area (Å²) in [6, 6.07) is 1.97. The van der Waals surface area contributed by atoms with Gasteiger partial charge < -0.3 is 4.74 Å². The van der Waals surface area contributed by atoms with Gasteiger partial charge in [0.1, 0.15) is 0 Å². The minimum atomic E-state index is -0.0773. The third kappa shape index (κ3) is 2.47. The van der Waals surface area contributed by atoms with Crippen LogP contribution in [0.2, 0.25) is 0 Å². The normalized spacial score (nSPS) is 17.2. The van der Waals surface area contributed by atoms with Crippen LogP contribution >= 0.6 is 15.9 Å². The van der Waals surface area contributed by atoms with Gasteiger partial charge in [0.25, 0.3) is 0 Å². The van der Waals surface area contributed by atoms with Crippen molar-refractivity contribution in [1.29, 1.82) is 0 Å². The molecule has 0 spiro atoms. The molecule has 1 aliphatic heterocycles. The lowest BCUT2D eigenvalue weighted by molar-refractivity contribution is 0.0613. The highest BCUT2D eigenvalue weighted by molar-refractivity contribution is 9.10. The summed E-state index contributed by atoms with van der Waals surface area (Å²) < 4.78 is 8.08. The molecule has 0 saturated carbocycles. The highest BCUT2D eigenvalue weighted by Crippen LogP contribution is 2.22. The fourth-order valence-corrected chi connectivity index (χ4v) is 2.82. The molecule has 1 fully saturated rings. The summed E-state index contributed by atoms with van der Waals surface area (Å²) in [6.45, 7) is 4.24. The molecule has 2 aromatic rings. The molecule has 0 radical (unpaired) electrons. The summed E-state index contributed by atoms with van der Waals surface area (Å²) in [5.74, 6) is 0.505. The van der Waals surface area contributed by atoms with Crippen molar-refractivity contribution in [3.63, 3.8) is 0 Å². The Morgan fingerprint density at radius 3 is 3.00 bits per heavy atom. The lowest BCUT2D eigenvalue weighted by atomic mass is 10.0. The molecule has 3 heterocycles. The SMILES string of the molecule is Cc1nc2[nH]c(=O)n(CC3CCOCC3)c2cc1Br. The van der Waals surface area contributed by atoms with Gasteiger partial charge >= 0.3 is 5.69 Å². The van der Waals surface area contributed by atoms with E-state index in [4.69, 9.17) is 4.74 Å². The van der Waals surface area contributed by atoms with Crippen LogP contribution in [-0.4, -0.2) is 27.7 Å². The Kier molecular flexibility index (Phi) is 3.45. The third-order valence-corrected chi connectivity index (χ3v) is 4.48. The molecular formula is C13H16BrN3O2. The van der Waals surface area contributed by atoms with E-state index >= 15 is 0 Å². The number of hydrogen-bond donors (Lipinski definition) is 1. The first-order chi connectivity index (χ1) is 9.15. The van der Waals surface area contributed by atoms with Crippen molar-refractivity contribution < 1.29 is 4.74 Å². The molecule has 0 aromatic carbocycles. The Bertz CT molecular complexity index is 656. The van der Waals surface area contributed by atoms with Crippen LogP contribution in [-0.2, 0) is 11.3 Å². The number of aromatic nitrogens is 3. The molecule has 0 aliphatic carbocycles. The van der Waals surface area contributed by atoms with E-state index in [2.05, 4.69) is 25.9 Å². The largest absolute Gasteiger partial charge is 0.381 e. The number of H-pyrrole nitrogens is 1. The predicted molar refractivity (Wildman–Crippen MR) is 76.3 cm³/mol. The summed E-state index contributed by atoms with van der Waals surface area (Å²) in [5, 5.41) is 0.